The van der Waals surface area contributed by atoms with Gasteiger partial charge in [-0.05, 0) is 37.8 Å². The van der Waals surface area contributed by atoms with Crippen LogP contribution in [0.4, 0.5) is 0 Å². The molecule has 114 valence electrons. The molecule has 1 saturated carbocycles. The second kappa shape index (κ2) is 5.88. The van der Waals surface area contributed by atoms with Gasteiger partial charge in [0.15, 0.2) is 0 Å². The lowest BCUT2D eigenvalue weighted by Crippen LogP contribution is -2.13. The Balaban J connectivity index is 2.14. The largest absolute Gasteiger partial charge is 0.494 e. The van der Waals surface area contributed by atoms with Crippen LogP contribution in [0.3, 0.4) is 0 Å². The van der Waals surface area contributed by atoms with Crippen molar-refractivity contribution in [3.8, 4) is 5.75 Å². The smallest absolute Gasteiger partial charge is 0.146 e. The molecule has 2 atom stereocenters. The van der Waals surface area contributed by atoms with Gasteiger partial charge in [-0.25, -0.2) is 4.98 Å². The molecular formula is C17H23ClN2O. The van der Waals surface area contributed by atoms with Gasteiger partial charge in [0.05, 0.1) is 18.0 Å². The number of hydrogen-bond acceptors (Lipinski definition) is 2. The van der Waals surface area contributed by atoms with Gasteiger partial charge >= 0.3 is 0 Å². The van der Waals surface area contributed by atoms with E-state index in [0.717, 1.165) is 34.9 Å². The molecule has 0 amide bonds. The molecule has 2 unspecified atom stereocenters. The third-order valence-corrected chi connectivity index (χ3v) is 4.62. The van der Waals surface area contributed by atoms with Gasteiger partial charge in [0, 0.05) is 6.04 Å². The van der Waals surface area contributed by atoms with Gasteiger partial charge in [0.1, 0.15) is 17.1 Å². The maximum atomic E-state index is 6.40. The first-order valence-electron chi connectivity index (χ1n) is 7.84. The predicted octanol–water partition coefficient (Wildman–Crippen LogP) is 5.10. The van der Waals surface area contributed by atoms with Crippen molar-refractivity contribution >= 4 is 22.6 Å². The summed E-state index contributed by atoms with van der Waals surface area (Å²) in [5, 5.41) is -0.102. The summed E-state index contributed by atoms with van der Waals surface area (Å²) in [5.74, 6) is 2.67. The Labute approximate surface area is 131 Å². The highest BCUT2D eigenvalue weighted by Crippen LogP contribution is 2.41. The van der Waals surface area contributed by atoms with E-state index in [0.29, 0.717) is 6.04 Å². The van der Waals surface area contributed by atoms with Crippen LogP contribution in [0.2, 0.25) is 0 Å². The molecule has 1 aliphatic rings. The summed E-state index contributed by atoms with van der Waals surface area (Å²) in [5.41, 5.74) is 2.07. The minimum atomic E-state index is -0.102. The number of fused-ring (bicyclic) bond motifs is 1. The van der Waals surface area contributed by atoms with Crippen molar-refractivity contribution in [3.05, 3.63) is 24.0 Å². The van der Waals surface area contributed by atoms with Crippen LogP contribution in [0, 0.1) is 5.92 Å². The van der Waals surface area contributed by atoms with Crippen molar-refractivity contribution in [3.63, 3.8) is 0 Å². The maximum Gasteiger partial charge on any atom is 0.146 e. The van der Waals surface area contributed by atoms with E-state index < -0.39 is 0 Å². The molecule has 3 rings (SSSR count). The van der Waals surface area contributed by atoms with Gasteiger partial charge in [-0.1, -0.05) is 25.8 Å². The molecule has 3 nitrogen and oxygen atoms in total. The molecule has 1 fully saturated rings. The summed E-state index contributed by atoms with van der Waals surface area (Å²) in [6.07, 6.45) is 5.09. The Bertz CT molecular complexity index is 631. The number of hydrogen-bond donors (Lipinski definition) is 0. The highest BCUT2D eigenvalue weighted by molar-refractivity contribution is 6.20. The number of imidazole rings is 1. The average molecular weight is 307 g/mol. The third-order valence-electron chi connectivity index (χ3n) is 4.42. The van der Waals surface area contributed by atoms with E-state index in [1.54, 1.807) is 7.11 Å². The SMILES string of the molecule is CCC(CC1CC1)n1c(C(C)Cl)nc2c(OC)cccc21. The molecule has 1 aromatic heterocycles. The number of ether oxygens (including phenoxy) is 1. The zero-order valence-electron chi connectivity index (χ0n) is 13.0. The van der Waals surface area contributed by atoms with E-state index in [1.807, 2.05) is 19.1 Å². The highest BCUT2D eigenvalue weighted by Gasteiger charge is 2.29. The lowest BCUT2D eigenvalue weighted by molar-refractivity contribution is 0.418. The van der Waals surface area contributed by atoms with Gasteiger partial charge in [0.25, 0.3) is 0 Å². The number of para-hydroxylation sites is 1. The van der Waals surface area contributed by atoms with Crippen LogP contribution in [0.25, 0.3) is 11.0 Å². The van der Waals surface area contributed by atoms with Crippen molar-refractivity contribution in [1.82, 2.24) is 9.55 Å². The standard InChI is InChI=1S/C17H23ClN2O/c1-4-13(10-12-8-9-12)20-14-6-5-7-15(21-3)16(14)19-17(20)11(2)18/h5-7,11-13H,4,8-10H2,1-3H3. The van der Waals surface area contributed by atoms with Crippen molar-refractivity contribution in [2.24, 2.45) is 5.92 Å². The molecule has 2 aromatic rings. The third kappa shape index (κ3) is 2.76. The van der Waals surface area contributed by atoms with Crippen molar-refractivity contribution < 1.29 is 4.74 Å². The summed E-state index contributed by atoms with van der Waals surface area (Å²) >= 11 is 6.40. The first kappa shape index (κ1) is 14.7. The highest BCUT2D eigenvalue weighted by atomic mass is 35.5. The number of nitrogens with zero attached hydrogens (tertiary/aromatic N) is 2. The van der Waals surface area contributed by atoms with Gasteiger partial charge in [-0.15, -0.1) is 11.6 Å². The molecule has 0 saturated heterocycles. The second-order valence-electron chi connectivity index (χ2n) is 6.03. The van der Waals surface area contributed by atoms with Gasteiger partial charge in [-0.3, -0.25) is 0 Å². The molecule has 4 heteroatoms. The Morgan fingerprint density at radius 2 is 2.19 bits per heavy atom. The minimum Gasteiger partial charge on any atom is -0.494 e. The topological polar surface area (TPSA) is 27.1 Å². The molecule has 0 aliphatic heterocycles. The van der Waals surface area contributed by atoms with Crippen LogP contribution in [-0.2, 0) is 0 Å². The average Bonchev–Trinajstić information content (AvgIpc) is 3.22. The minimum absolute atomic E-state index is 0.102. The zero-order valence-corrected chi connectivity index (χ0v) is 13.7. The lowest BCUT2D eigenvalue weighted by Gasteiger charge is -2.21. The molecule has 0 bridgehead atoms. The predicted molar refractivity (Wildman–Crippen MR) is 87.2 cm³/mol. The summed E-state index contributed by atoms with van der Waals surface area (Å²) < 4.78 is 7.82. The van der Waals surface area contributed by atoms with Gasteiger partial charge in [-0.2, -0.15) is 0 Å². The fourth-order valence-corrected chi connectivity index (χ4v) is 3.29. The molecule has 1 heterocycles. The first-order chi connectivity index (χ1) is 10.2. The number of methoxy groups -OCH3 is 1. The Hall–Kier alpha value is -1.22. The van der Waals surface area contributed by atoms with Crippen molar-refractivity contribution in [2.45, 2.75) is 50.9 Å². The van der Waals surface area contributed by atoms with Crippen LogP contribution in [0.1, 0.15) is 56.8 Å². The molecule has 1 aromatic carbocycles. The number of rotatable bonds is 6. The van der Waals surface area contributed by atoms with E-state index in [9.17, 15) is 0 Å². The number of benzene rings is 1. The number of alkyl halides is 1. The fraction of sp³-hybridized carbons (Fsp3) is 0.588. The monoisotopic (exact) mass is 306 g/mol. The Morgan fingerprint density at radius 1 is 1.43 bits per heavy atom. The molecule has 0 N–H and O–H groups in total. The summed E-state index contributed by atoms with van der Waals surface area (Å²) in [7, 11) is 1.69. The van der Waals surface area contributed by atoms with E-state index in [4.69, 9.17) is 21.3 Å². The first-order valence-corrected chi connectivity index (χ1v) is 8.28. The fourth-order valence-electron chi connectivity index (χ4n) is 3.13. The van der Waals surface area contributed by atoms with Crippen LogP contribution >= 0.6 is 11.6 Å². The van der Waals surface area contributed by atoms with E-state index in [2.05, 4.69) is 17.6 Å². The van der Waals surface area contributed by atoms with Crippen LogP contribution < -0.4 is 4.74 Å². The normalized spacial score (nSPS) is 17.9. The zero-order chi connectivity index (χ0) is 15.0. The van der Waals surface area contributed by atoms with Crippen LogP contribution in [0.5, 0.6) is 5.75 Å². The van der Waals surface area contributed by atoms with E-state index in [-0.39, 0.29) is 5.38 Å². The molecule has 0 radical (unpaired) electrons. The molecule has 21 heavy (non-hydrogen) atoms. The maximum absolute atomic E-state index is 6.40. The van der Waals surface area contributed by atoms with Gasteiger partial charge in [0.2, 0.25) is 0 Å². The van der Waals surface area contributed by atoms with Crippen molar-refractivity contribution in [1.29, 1.82) is 0 Å². The van der Waals surface area contributed by atoms with E-state index in [1.165, 1.54) is 19.3 Å². The quantitative estimate of drug-likeness (QED) is 0.695. The lowest BCUT2D eigenvalue weighted by atomic mass is 10.1. The van der Waals surface area contributed by atoms with E-state index >= 15 is 0 Å². The summed E-state index contributed by atoms with van der Waals surface area (Å²) in [6, 6.07) is 6.60. The molecule has 0 spiro atoms. The number of halogens is 1. The Morgan fingerprint density at radius 3 is 2.76 bits per heavy atom. The summed E-state index contributed by atoms with van der Waals surface area (Å²) in [4.78, 5) is 4.79. The van der Waals surface area contributed by atoms with Crippen LogP contribution in [0.15, 0.2) is 18.2 Å². The van der Waals surface area contributed by atoms with Gasteiger partial charge < -0.3 is 9.30 Å². The molecular weight excluding hydrogens is 284 g/mol. The Kier molecular flexibility index (Phi) is 4.12. The van der Waals surface area contributed by atoms with Crippen LogP contribution in [-0.4, -0.2) is 16.7 Å². The van der Waals surface area contributed by atoms with Crippen molar-refractivity contribution in [2.75, 3.05) is 7.11 Å². The number of aromatic nitrogens is 2. The molecule has 1 aliphatic carbocycles. The second-order valence-corrected chi connectivity index (χ2v) is 6.68. The summed E-state index contributed by atoms with van der Waals surface area (Å²) in [6.45, 7) is 4.25.